The van der Waals surface area contributed by atoms with E-state index >= 15 is 0 Å². The van der Waals surface area contributed by atoms with Crippen molar-refractivity contribution in [3.8, 4) is 0 Å². The molecule has 2 amide bonds. The Morgan fingerprint density at radius 3 is 2.68 bits per heavy atom. The van der Waals surface area contributed by atoms with Gasteiger partial charge >= 0.3 is 12.0 Å². The second-order valence-electron chi connectivity index (χ2n) is 4.31. The Morgan fingerprint density at radius 1 is 1.37 bits per heavy atom. The van der Waals surface area contributed by atoms with Gasteiger partial charge in [0.2, 0.25) is 0 Å². The quantitative estimate of drug-likeness (QED) is 0.802. The summed E-state index contributed by atoms with van der Waals surface area (Å²) in [6.45, 7) is 1.07. The summed E-state index contributed by atoms with van der Waals surface area (Å²) in [6.07, 6.45) is 5.79. The van der Waals surface area contributed by atoms with Crippen molar-refractivity contribution >= 4 is 17.8 Å². The number of hydrogen-bond acceptors (Lipinski definition) is 5. The van der Waals surface area contributed by atoms with Crippen LogP contribution in [0, 0.1) is 5.92 Å². The molecule has 102 valence electrons. The van der Waals surface area contributed by atoms with E-state index in [1.165, 1.54) is 25.7 Å². The fourth-order valence-electron chi connectivity index (χ4n) is 2.04. The van der Waals surface area contributed by atoms with Gasteiger partial charge in [0.25, 0.3) is 0 Å². The fourth-order valence-corrected chi connectivity index (χ4v) is 2.04. The van der Waals surface area contributed by atoms with E-state index in [4.69, 9.17) is 4.74 Å². The highest BCUT2D eigenvalue weighted by Gasteiger charge is 2.27. The third-order valence-corrected chi connectivity index (χ3v) is 3.11. The minimum atomic E-state index is -0.219. The van der Waals surface area contributed by atoms with Gasteiger partial charge in [-0.05, 0) is 12.8 Å². The third-order valence-electron chi connectivity index (χ3n) is 3.11. The van der Waals surface area contributed by atoms with E-state index in [0.717, 1.165) is 0 Å². The number of ether oxygens (including phenoxy) is 1. The molecule has 0 unspecified atom stereocenters. The standard InChI is InChI=1S/C12H16N4O3/c1-19-11(17)9-2-6-16(7-3-9)12(18)15-10-8-13-4-5-14-10/h4-5,8-9H,2-3,6-7H2,1H3,(H,14,15,18). The van der Waals surface area contributed by atoms with Gasteiger partial charge in [-0.25, -0.2) is 9.78 Å². The lowest BCUT2D eigenvalue weighted by atomic mass is 9.97. The van der Waals surface area contributed by atoms with Crippen LogP contribution < -0.4 is 5.32 Å². The number of nitrogens with one attached hydrogen (secondary N) is 1. The Balaban J connectivity index is 1.84. The first-order valence-corrected chi connectivity index (χ1v) is 6.10. The van der Waals surface area contributed by atoms with Gasteiger partial charge in [0.05, 0.1) is 19.2 Å². The molecular weight excluding hydrogens is 248 g/mol. The van der Waals surface area contributed by atoms with E-state index in [-0.39, 0.29) is 17.9 Å². The molecule has 1 aromatic heterocycles. The van der Waals surface area contributed by atoms with Crippen LogP contribution in [0.1, 0.15) is 12.8 Å². The monoisotopic (exact) mass is 264 g/mol. The van der Waals surface area contributed by atoms with Crippen LogP contribution in [0.15, 0.2) is 18.6 Å². The van der Waals surface area contributed by atoms with Crippen LogP contribution in [-0.2, 0) is 9.53 Å². The van der Waals surface area contributed by atoms with Gasteiger partial charge in [-0.15, -0.1) is 0 Å². The normalized spacial score (nSPS) is 15.9. The molecule has 7 nitrogen and oxygen atoms in total. The highest BCUT2D eigenvalue weighted by molar-refractivity contribution is 5.88. The van der Waals surface area contributed by atoms with Crippen LogP contribution in [0.25, 0.3) is 0 Å². The lowest BCUT2D eigenvalue weighted by Gasteiger charge is -2.30. The van der Waals surface area contributed by atoms with Crippen LogP contribution in [-0.4, -0.2) is 47.1 Å². The van der Waals surface area contributed by atoms with Crippen molar-refractivity contribution in [3.05, 3.63) is 18.6 Å². The number of aromatic nitrogens is 2. The van der Waals surface area contributed by atoms with Crippen LogP contribution in [0.5, 0.6) is 0 Å². The molecular formula is C12H16N4O3. The zero-order valence-electron chi connectivity index (χ0n) is 10.7. The highest BCUT2D eigenvalue weighted by Crippen LogP contribution is 2.18. The number of nitrogens with zero attached hydrogens (tertiary/aromatic N) is 3. The molecule has 0 bridgehead atoms. The smallest absolute Gasteiger partial charge is 0.323 e. The minimum Gasteiger partial charge on any atom is -0.469 e. The fraction of sp³-hybridized carbons (Fsp3) is 0.500. The maximum absolute atomic E-state index is 11.9. The van der Waals surface area contributed by atoms with E-state index < -0.39 is 0 Å². The first-order valence-electron chi connectivity index (χ1n) is 6.10. The molecule has 1 N–H and O–H groups in total. The Kier molecular flexibility index (Phi) is 4.27. The van der Waals surface area contributed by atoms with E-state index in [1.54, 1.807) is 4.90 Å². The number of anilines is 1. The largest absolute Gasteiger partial charge is 0.469 e. The second-order valence-corrected chi connectivity index (χ2v) is 4.31. The van der Waals surface area contributed by atoms with Crippen LogP contribution >= 0.6 is 0 Å². The van der Waals surface area contributed by atoms with Crippen LogP contribution in [0.4, 0.5) is 10.6 Å². The summed E-state index contributed by atoms with van der Waals surface area (Å²) in [7, 11) is 1.38. The van der Waals surface area contributed by atoms with E-state index in [0.29, 0.717) is 31.7 Å². The number of carbonyl (C=O) groups is 2. The maximum atomic E-state index is 11.9. The number of likely N-dealkylation sites (tertiary alicyclic amines) is 1. The molecule has 1 aliphatic rings. The zero-order valence-corrected chi connectivity index (χ0v) is 10.7. The molecule has 0 atom stereocenters. The summed E-state index contributed by atoms with van der Waals surface area (Å²) < 4.78 is 4.70. The van der Waals surface area contributed by atoms with Crippen LogP contribution in [0.3, 0.4) is 0 Å². The first kappa shape index (κ1) is 13.3. The molecule has 0 spiro atoms. The zero-order chi connectivity index (χ0) is 13.7. The van der Waals surface area contributed by atoms with Crippen molar-refractivity contribution in [2.24, 2.45) is 5.92 Å². The number of methoxy groups -OCH3 is 1. The van der Waals surface area contributed by atoms with Crippen molar-refractivity contribution in [1.82, 2.24) is 14.9 Å². The molecule has 2 heterocycles. The van der Waals surface area contributed by atoms with Crippen LogP contribution in [0.2, 0.25) is 0 Å². The molecule has 7 heteroatoms. The van der Waals surface area contributed by atoms with Gasteiger partial charge in [-0.1, -0.05) is 0 Å². The average Bonchev–Trinajstić information content (AvgIpc) is 2.47. The van der Waals surface area contributed by atoms with E-state index in [2.05, 4.69) is 15.3 Å². The first-order chi connectivity index (χ1) is 9.20. The second kappa shape index (κ2) is 6.12. The SMILES string of the molecule is COC(=O)C1CCN(C(=O)Nc2cnccn2)CC1. The molecule has 2 rings (SSSR count). The highest BCUT2D eigenvalue weighted by atomic mass is 16.5. The van der Waals surface area contributed by atoms with Crippen molar-refractivity contribution in [2.75, 3.05) is 25.5 Å². The summed E-state index contributed by atoms with van der Waals surface area (Å²) in [5.41, 5.74) is 0. The lowest BCUT2D eigenvalue weighted by molar-refractivity contribution is -0.146. The minimum absolute atomic E-state index is 0.106. The molecule has 0 radical (unpaired) electrons. The van der Waals surface area contributed by atoms with Gasteiger partial charge < -0.3 is 9.64 Å². The van der Waals surface area contributed by atoms with Gasteiger partial charge in [-0.2, -0.15) is 0 Å². The number of esters is 1. The van der Waals surface area contributed by atoms with Gasteiger partial charge in [0, 0.05) is 25.5 Å². The van der Waals surface area contributed by atoms with E-state index in [9.17, 15) is 9.59 Å². The molecule has 1 aliphatic heterocycles. The number of piperidine rings is 1. The summed E-state index contributed by atoms with van der Waals surface area (Å²) in [5.74, 6) is 0.113. The molecule has 1 aromatic rings. The third kappa shape index (κ3) is 3.40. The summed E-state index contributed by atoms with van der Waals surface area (Å²) >= 11 is 0. The summed E-state index contributed by atoms with van der Waals surface area (Å²) in [6, 6.07) is -0.219. The maximum Gasteiger partial charge on any atom is 0.323 e. The van der Waals surface area contributed by atoms with Crippen molar-refractivity contribution in [2.45, 2.75) is 12.8 Å². The number of amides is 2. The van der Waals surface area contributed by atoms with Gasteiger partial charge in [-0.3, -0.25) is 15.1 Å². The number of hydrogen-bond donors (Lipinski definition) is 1. The molecule has 1 saturated heterocycles. The summed E-state index contributed by atoms with van der Waals surface area (Å²) in [4.78, 5) is 32.8. The number of carbonyl (C=O) groups excluding carboxylic acids is 2. The molecule has 0 aliphatic carbocycles. The predicted octanol–water partition coefficient (Wildman–Crippen LogP) is 0.893. The molecule has 1 fully saturated rings. The molecule has 0 saturated carbocycles. The van der Waals surface area contributed by atoms with Crippen molar-refractivity contribution in [1.29, 1.82) is 0 Å². The Bertz CT molecular complexity index is 444. The van der Waals surface area contributed by atoms with Gasteiger partial charge in [0.1, 0.15) is 0 Å². The molecule has 19 heavy (non-hydrogen) atoms. The number of rotatable bonds is 2. The Labute approximate surface area is 111 Å². The lowest BCUT2D eigenvalue weighted by Crippen LogP contribution is -2.42. The Hall–Kier alpha value is -2.18. The predicted molar refractivity (Wildman–Crippen MR) is 67.4 cm³/mol. The summed E-state index contributed by atoms with van der Waals surface area (Å²) in [5, 5.41) is 2.67. The van der Waals surface area contributed by atoms with Gasteiger partial charge in [0.15, 0.2) is 5.82 Å². The van der Waals surface area contributed by atoms with E-state index in [1.807, 2.05) is 0 Å². The topological polar surface area (TPSA) is 84.4 Å². The average molecular weight is 264 g/mol. The van der Waals surface area contributed by atoms with Crippen molar-refractivity contribution < 1.29 is 14.3 Å². The Morgan fingerprint density at radius 2 is 2.11 bits per heavy atom. The molecule has 0 aromatic carbocycles. The van der Waals surface area contributed by atoms with Crippen molar-refractivity contribution in [3.63, 3.8) is 0 Å². The number of urea groups is 1.